The van der Waals surface area contributed by atoms with Gasteiger partial charge in [0.05, 0.1) is 12.8 Å². The minimum Gasteiger partial charge on any atom is -0.497 e. The van der Waals surface area contributed by atoms with Crippen LogP contribution in [0.5, 0.6) is 5.75 Å². The highest BCUT2D eigenvalue weighted by Gasteiger charge is 2.18. The highest BCUT2D eigenvalue weighted by atomic mass is 32.2. The van der Waals surface area contributed by atoms with E-state index in [0.29, 0.717) is 10.8 Å². The molecular formula is C19H21NO2S. The molecule has 3 rings (SSSR count). The van der Waals surface area contributed by atoms with Crippen molar-refractivity contribution in [1.29, 1.82) is 0 Å². The molecule has 1 fully saturated rings. The third-order valence-corrected chi connectivity index (χ3v) is 5.50. The molecule has 23 heavy (non-hydrogen) atoms. The van der Waals surface area contributed by atoms with Crippen LogP contribution in [-0.2, 0) is 0 Å². The Bertz CT molecular complexity index is 663. The lowest BCUT2D eigenvalue weighted by Crippen LogP contribution is -2.12. The summed E-state index contributed by atoms with van der Waals surface area (Å²) in [5.41, 5.74) is 1.52. The maximum Gasteiger partial charge on any atom is 0.255 e. The fourth-order valence-corrected chi connectivity index (χ4v) is 4.13. The molecule has 3 nitrogen and oxygen atoms in total. The van der Waals surface area contributed by atoms with Crippen molar-refractivity contribution in [2.75, 3.05) is 12.4 Å². The number of thioether (sulfide) groups is 1. The van der Waals surface area contributed by atoms with E-state index in [2.05, 4.69) is 11.4 Å². The quantitative estimate of drug-likeness (QED) is 0.841. The molecule has 1 N–H and O–H groups in total. The smallest absolute Gasteiger partial charge is 0.255 e. The number of carbonyl (C=O) groups excluding carboxylic acids is 1. The Morgan fingerprint density at radius 2 is 1.78 bits per heavy atom. The van der Waals surface area contributed by atoms with E-state index in [9.17, 15) is 4.79 Å². The van der Waals surface area contributed by atoms with Gasteiger partial charge in [0.15, 0.2) is 0 Å². The van der Waals surface area contributed by atoms with Crippen molar-refractivity contribution in [2.24, 2.45) is 0 Å². The molecule has 0 spiro atoms. The SMILES string of the molecule is COc1ccc(C(=O)Nc2ccccc2SC2CCCC2)cc1. The Hall–Kier alpha value is -1.94. The number of hydrogen-bond acceptors (Lipinski definition) is 3. The van der Waals surface area contributed by atoms with Crippen molar-refractivity contribution in [1.82, 2.24) is 0 Å². The van der Waals surface area contributed by atoms with E-state index in [4.69, 9.17) is 4.74 Å². The van der Waals surface area contributed by atoms with Crippen LogP contribution in [0.15, 0.2) is 53.4 Å². The third kappa shape index (κ3) is 4.08. The summed E-state index contributed by atoms with van der Waals surface area (Å²) < 4.78 is 5.13. The number of nitrogens with one attached hydrogen (secondary N) is 1. The van der Waals surface area contributed by atoms with Crippen molar-refractivity contribution < 1.29 is 9.53 Å². The maximum absolute atomic E-state index is 12.4. The molecule has 1 aliphatic carbocycles. The molecule has 4 heteroatoms. The largest absolute Gasteiger partial charge is 0.497 e. The predicted molar refractivity (Wildman–Crippen MR) is 95.5 cm³/mol. The number of methoxy groups -OCH3 is 1. The first-order valence-corrected chi connectivity index (χ1v) is 8.85. The fourth-order valence-electron chi connectivity index (χ4n) is 2.80. The molecule has 0 radical (unpaired) electrons. The summed E-state index contributed by atoms with van der Waals surface area (Å²) in [4.78, 5) is 13.6. The first kappa shape index (κ1) is 15.9. The normalized spacial score (nSPS) is 14.7. The van der Waals surface area contributed by atoms with E-state index in [1.807, 2.05) is 30.0 Å². The number of benzene rings is 2. The molecule has 0 aromatic heterocycles. The third-order valence-electron chi connectivity index (χ3n) is 4.08. The molecule has 2 aromatic carbocycles. The van der Waals surface area contributed by atoms with Crippen molar-refractivity contribution in [3.05, 3.63) is 54.1 Å². The number of hydrogen-bond donors (Lipinski definition) is 1. The van der Waals surface area contributed by atoms with E-state index in [0.717, 1.165) is 16.3 Å². The van der Waals surface area contributed by atoms with Gasteiger partial charge in [0.1, 0.15) is 5.75 Å². The van der Waals surface area contributed by atoms with Crippen LogP contribution in [-0.4, -0.2) is 18.3 Å². The lowest BCUT2D eigenvalue weighted by atomic mass is 10.2. The molecule has 0 aliphatic heterocycles. The lowest BCUT2D eigenvalue weighted by molar-refractivity contribution is 0.102. The molecule has 0 atom stereocenters. The Kier molecular flexibility index (Phi) is 5.23. The van der Waals surface area contributed by atoms with E-state index in [1.54, 1.807) is 31.4 Å². The lowest BCUT2D eigenvalue weighted by Gasteiger charge is -2.14. The maximum atomic E-state index is 12.4. The Morgan fingerprint density at radius 1 is 1.09 bits per heavy atom. The summed E-state index contributed by atoms with van der Waals surface area (Å²) in [6.45, 7) is 0. The van der Waals surface area contributed by atoms with Crippen LogP contribution in [0.25, 0.3) is 0 Å². The van der Waals surface area contributed by atoms with Crippen LogP contribution in [0.1, 0.15) is 36.0 Å². The highest BCUT2D eigenvalue weighted by molar-refractivity contribution is 8.00. The van der Waals surface area contributed by atoms with Gasteiger partial charge in [0.2, 0.25) is 0 Å². The van der Waals surface area contributed by atoms with Crippen molar-refractivity contribution in [2.45, 2.75) is 35.8 Å². The summed E-state index contributed by atoms with van der Waals surface area (Å²) in [5, 5.41) is 3.71. The zero-order chi connectivity index (χ0) is 16.1. The molecule has 120 valence electrons. The van der Waals surface area contributed by atoms with Crippen molar-refractivity contribution >= 4 is 23.4 Å². The van der Waals surface area contributed by atoms with E-state index >= 15 is 0 Å². The Morgan fingerprint density at radius 3 is 2.48 bits per heavy atom. The second kappa shape index (κ2) is 7.55. The van der Waals surface area contributed by atoms with Gasteiger partial charge in [-0.05, 0) is 49.2 Å². The first-order chi connectivity index (χ1) is 11.3. The number of ether oxygens (including phenoxy) is 1. The number of para-hydroxylation sites is 1. The minimum atomic E-state index is -0.0906. The zero-order valence-corrected chi connectivity index (χ0v) is 14.1. The number of amides is 1. The number of carbonyl (C=O) groups is 1. The van der Waals surface area contributed by atoms with Gasteiger partial charge in [-0.25, -0.2) is 0 Å². The van der Waals surface area contributed by atoms with Gasteiger partial charge in [-0.15, -0.1) is 11.8 Å². The molecule has 1 amide bonds. The van der Waals surface area contributed by atoms with Crippen LogP contribution >= 0.6 is 11.8 Å². The van der Waals surface area contributed by atoms with E-state index in [1.165, 1.54) is 25.7 Å². The number of anilines is 1. The van der Waals surface area contributed by atoms with E-state index in [-0.39, 0.29) is 5.91 Å². The van der Waals surface area contributed by atoms with Crippen molar-refractivity contribution in [3.8, 4) is 5.75 Å². The number of rotatable bonds is 5. The zero-order valence-electron chi connectivity index (χ0n) is 13.2. The molecular weight excluding hydrogens is 306 g/mol. The van der Waals surface area contributed by atoms with Gasteiger partial charge in [0.25, 0.3) is 5.91 Å². The molecule has 1 aliphatic rings. The molecule has 0 saturated heterocycles. The van der Waals surface area contributed by atoms with Gasteiger partial charge >= 0.3 is 0 Å². The molecule has 0 heterocycles. The molecule has 1 saturated carbocycles. The monoisotopic (exact) mass is 327 g/mol. The Labute approximate surface area is 141 Å². The highest BCUT2D eigenvalue weighted by Crippen LogP contribution is 2.38. The average molecular weight is 327 g/mol. The van der Waals surface area contributed by atoms with Crippen LogP contribution in [0, 0.1) is 0 Å². The molecule has 0 bridgehead atoms. The van der Waals surface area contributed by atoms with Crippen LogP contribution < -0.4 is 10.1 Å². The minimum absolute atomic E-state index is 0.0906. The summed E-state index contributed by atoms with van der Waals surface area (Å²) in [5.74, 6) is 0.658. The van der Waals surface area contributed by atoms with E-state index < -0.39 is 0 Å². The second-order valence-electron chi connectivity index (χ2n) is 5.70. The fraction of sp³-hybridized carbons (Fsp3) is 0.316. The van der Waals surface area contributed by atoms with Crippen molar-refractivity contribution in [3.63, 3.8) is 0 Å². The standard InChI is InChI=1S/C19H21NO2S/c1-22-15-12-10-14(11-13-15)19(21)20-17-8-4-5-9-18(17)23-16-6-2-3-7-16/h4-5,8-13,16H,2-3,6-7H2,1H3,(H,20,21). The first-order valence-electron chi connectivity index (χ1n) is 7.97. The van der Waals surface area contributed by atoms with Gasteiger partial charge in [-0.1, -0.05) is 25.0 Å². The summed E-state index contributed by atoms with van der Waals surface area (Å²) >= 11 is 1.89. The summed E-state index contributed by atoms with van der Waals surface area (Å²) in [6, 6.07) is 15.2. The van der Waals surface area contributed by atoms with Crippen LogP contribution in [0.2, 0.25) is 0 Å². The predicted octanol–water partition coefficient (Wildman–Crippen LogP) is 4.98. The van der Waals surface area contributed by atoms with Gasteiger partial charge in [-0.2, -0.15) is 0 Å². The second-order valence-corrected chi connectivity index (χ2v) is 7.05. The summed E-state index contributed by atoms with van der Waals surface area (Å²) in [7, 11) is 1.62. The van der Waals surface area contributed by atoms with Gasteiger partial charge in [-0.3, -0.25) is 4.79 Å². The van der Waals surface area contributed by atoms with Crippen LogP contribution in [0.4, 0.5) is 5.69 Å². The molecule has 2 aromatic rings. The molecule has 0 unspecified atom stereocenters. The Balaban J connectivity index is 1.72. The average Bonchev–Trinajstić information content (AvgIpc) is 3.10. The van der Waals surface area contributed by atoms with Crippen LogP contribution in [0.3, 0.4) is 0 Å². The van der Waals surface area contributed by atoms with Gasteiger partial charge in [0, 0.05) is 15.7 Å². The summed E-state index contributed by atoms with van der Waals surface area (Å²) in [6.07, 6.45) is 5.17. The van der Waals surface area contributed by atoms with Gasteiger partial charge < -0.3 is 10.1 Å². The topological polar surface area (TPSA) is 38.3 Å².